The number of thiophene rings is 1. The van der Waals surface area contributed by atoms with Crippen LogP contribution in [0, 0.1) is 5.82 Å². The highest BCUT2D eigenvalue weighted by Gasteiger charge is 2.25. The second kappa shape index (κ2) is 8.08. The molecule has 28 heavy (non-hydrogen) atoms. The number of benzene rings is 2. The van der Waals surface area contributed by atoms with Crippen LogP contribution in [0.5, 0.6) is 5.75 Å². The molecule has 0 saturated carbocycles. The monoisotopic (exact) mass is 457 g/mol. The Morgan fingerprint density at radius 3 is 2.82 bits per heavy atom. The molecule has 2 aromatic carbocycles. The van der Waals surface area contributed by atoms with Crippen LogP contribution in [0.15, 0.2) is 75.1 Å². The number of esters is 1. The first-order chi connectivity index (χ1) is 13.6. The fourth-order valence-electron chi connectivity index (χ4n) is 2.60. The standard InChI is InChI=1S/C21H13BrFNO3S/c22-15-7-8-18(26-12-13-4-1-2-5-16(13)23)14(10-15)11-17-21(25)27-20(24-17)19-6-3-9-28-19/h1-11H,12H2. The molecular formula is C21H13BrFNO3S. The van der Waals surface area contributed by atoms with Gasteiger partial charge in [-0.2, -0.15) is 0 Å². The zero-order valence-corrected chi connectivity index (χ0v) is 16.8. The van der Waals surface area contributed by atoms with Gasteiger partial charge in [0.05, 0.1) is 4.88 Å². The number of rotatable bonds is 5. The Hall–Kier alpha value is -2.77. The summed E-state index contributed by atoms with van der Waals surface area (Å²) in [6.07, 6.45) is 1.60. The summed E-state index contributed by atoms with van der Waals surface area (Å²) in [5.41, 5.74) is 1.26. The van der Waals surface area contributed by atoms with Crippen molar-refractivity contribution in [2.24, 2.45) is 4.99 Å². The molecule has 0 N–H and O–H groups in total. The number of halogens is 2. The topological polar surface area (TPSA) is 47.9 Å². The quantitative estimate of drug-likeness (QED) is 0.371. The fraction of sp³-hybridized carbons (Fsp3) is 0.0476. The van der Waals surface area contributed by atoms with Gasteiger partial charge < -0.3 is 9.47 Å². The molecule has 2 heterocycles. The van der Waals surface area contributed by atoms with Crippen molar-refractivity contribution in [1.29, 1.82) is 0 Å². The van der Waals surface area contributed by atoms with Gasteiger partial charge in [0, 0.05) is 15.6 Å². The molecule has 4 nitrogen and oxygen atoms in total. The molecule has 1 aromatic heterocycles. The first-order valence-corrected chi connectivity index (χ1v) is 9.99. The fourth-order valence-corrected chi connectivity index (χ4v) is 3.62. The van der Waals surface area contributed by atoms with Crippen molar-refractivity contribution in [2.75, 3.05) is 0 Å². The molecule has 3 aromatic rings. The van der Waals surface area contributed by atoms with Crippen LogP contribution in [0.4, 0.5) is 4.39 Å². The number of cyclic esters (lactones) is 1. The van der Waals surface area contributed by atoms with Crippen LogP contribution in [0.2, 0.25) is 0 Å². The van der Waals surface area contributed by atoms with Crippen molar-refractivity contribution >= 4 is 45.2 Å². The van der Waals surface area contributed by atoms with Crippen molar-refractivity contribution in [3.05, 3.63) is 92.0 Å². The van der Waals surface area contributed by atoms with Crippen LogP contribution < -0.4 is 4.74 Å². The predicted molar refractivity (Wildman–Crippen MR) is 110 cm³/mol. The Bertz CT molecular complexity index is 1090. The van der Waals surface area contributed by atoms with Gasteiger partial charge in [0.25, 0.3) is 0 Å². The molecule has 140 valence electrons. The number of nitrogens with zero attached hydrogens (tertiary/aromatic N) is 1. The highest BCUT2D eigenvalue weighted by atomic mass is 79.9. The second-order valence-electron chi connectivity index (χ2n) is 5.88. The summed E-state index contributed by atoms with van der Waals surface area (Å²) >= 11 is 4.86. The minimum Gasteiger partial charge on any atom is -0.488 e. The van der Waals surface area contributed by atoms with E-state index in [-0.39, 0.29) is 24.0 Å². The van der Waals surface area contributed by atoms with Gasteiger partial charge in [-0.3, -0.25) is 0 Å². The average molecular weight is 458 g/mol. The van der Waals surface area contributed by atoms with Crippen LogP contribution in [0.25, 0.3) is 6.08 Å². The molecule has 1 aliphatic heterocycles. The third-order valence-electron chi connectivity index (χ3n) is 3.96. The van der Waals surface area contributed by atoms with Gasteiger partial charge in [0.2, 0.25) is 5.90 Å². The summed E-state index contributed by atoms with van der Waals surface area (Å²) < 4.78 is 25.7. The molecule has 0 amide bonds. The molecule has 0 saturated heterocycles. The minimum absolute atomic E-state index is 0.0681. The summed E-state index contributed by atoms with van der Waals surface area (Å²) in [5, 5.41) is 1.89. The Labute approximate surface area is 173 Å². The average Bonchev–Trinajstić information content (AvgIpc) is 3.33. The first kappa shape index (κ1) is 18.6. The molecule has 0 fully saturated rings. The third-order valence-corrected chi connectivity index (χ3v) is 5.31. The maximum absolute atomic E-state index is 13.8. The molecule has 0 spiro atoms. The van der Waals surface area contributed by atoms with Gasteiger partial charge in [0.1, 0.15) is 18.2 Å². The Balaban J connectivity index is 1.62. The van der Waals surface area contributed by atoms with Crippen molar-refractivity contribution < 1.29 is 18.7 Å². The largest absolute Gasteiger partial charge is 0.488 e. The maximum Gasteiger partial charge on any atom is 0.363 e. The number of ether oxygens (including phenoxy) is 2. The van der Waals surface area contributed by atoms with Crippen LogP contribution >= 0.6 is 27.3 Å². The van der Waals surface area contributed by atoms with Crippen LogP contribution in [-0.4, -0.2) is 11.9 Å². The normalized spacial score (nSPS) is 14.9. The Morgan fingerprint density at radius 1 is 1.18 bits per heavy atom. The summed E-state index contributed by atoms with van der Waals surface area (Å²) in [6, 6.07) is 15.5. The van der Waals surface area contributed by atoms with E-state index in [4.69, 9.17) is 9.47 Å². The lowest BCUT2D eigenvalue weighted by molar-refractivity contribution is -0.129. The lowest BCUT2D eigenvalue weighted by Crippen LogP contribution is -2.03. The van der Waals surface area contributed by atoms with Crippen LogP contribution in [0.3, 0.4) is 0 Å². The molecule has 0 bridgehead atoms. The smallest absolute Gasteiger partial charge is 0.363 e. The van der Waals surface area contributed by atoms with Crippen molar-refractivity contribution in [1.82, 2.24) is 0 Å². The van der Waals surface area contributed by atoms with E-state index in [1.54, 1.807) is 36.4 Å². The third kappa shape index (κ3) is 4.05. The molecule has 4 rings (SSSR count). The molecule has 0 aliphatic carbocycles. The Morgan fingerprint density at radius 2 is 2.04 bits per heavy atom. The molecule has 1 aliphatic rings. The van der Waals surface area contributed by atoms with Crippen molar-refractivity contribution in [2.45, 2.75) is 6.61 Å². The number of carbonyl (C=O) groups excluding carboxylic acids is 1. The van der Waals surface area contributed by atoms with E-state index in [2.05, 4.69) is 20.9 Å². The minimum atomic E-state index is -0.525. The maximum atomic E-state index is 13.8. The summed E-state index contributed by atoms with van der Waals surface area (Å²) in [4.78, 5) is 17.3. The van der Waals surface area contributed by atoms with Crippen molar-refractivity contribution in [3.8, 4) is 5.75 Å². The number of hydrogen-bond acceptors (Lipinski definition) is 5. The Kier molecular flexibility index (Phi) is 5.36. The molecule has 0 radical (unpaired) electrons. The van der Waals surface area contributed by atoms with Gasteiger partial charge in [0.15, 0.2) is 5.70 Å². The van der Waals surface area contributed by atoms with E-state index < -0.39 is 5.97 Å². The number of carbonyl (C=O) groups is 1. The van der Waals surface area contributed by atoms with E-state index in [0.717, 1.165) is 9.35 Å². The summed E-state index contributed by atoms with van der Waals surface area (Å²) in [7, 11) is 0. The zero-order valence-electron chi connectivity index (χ0n) is 14.4. The predicted octanol–water partition coefficient (Wildman–Crippen LogP) is 5.57. The van der Waals surface area contributed by atoms with E-state index in [1.165, 1.54) is 17.4 Å². The van der Waals surface area contributed by atoms with Gasteiger partial charge in [-0.25, -0.2) is 14.2 Å². The van der Waals surface area contributed by atoms with E-state index in [9.17, 15) is 9.18 Å². The summed E-state index contributed by atoms with van der Waals surface area (Å²) in [5.74, 6) is -0.0610. The van der Waals surface area contributed by atoms with E-state index in [0.29, 0.717) is 16.9 Å². The number of hydrogen-bond donors (Lipinski definition) is 0. The van der Waals surface area contributed by atoms with Crippen molar-refractivity contribution in [3.63, 3.8) is 0 Å². The first-order valence-electron chi connectivity index (χ1n) is 8.32. The molecule has 0 atom stereocenters. The van der Waals surface area contributed by atoms with E-state index in [1.807, 2.05) is 23.6 Å². The lowest BCUT2D eigenvalue weighted by Gasteiger charge is -2.10. The van der Waals surface area contributed by atoms with Gasteiger partial charge >= 0.3 is 5.97 Å². The lowest BCUT2D eigenvalue weighted by atomic mass is 10.1. The second-order valence-corrected chi connectivity index (χ2v) is 7.74. The van der Waals surface area contributed by atoms with Gasteiger partial charge in [-0.05, 0) is 41.8 Å². The van der Waals surface area contributed by atoms with Gasteiger partial charge in [-0.1, -0.05) is 40.2 Å². The SMILES string of the molecule is O=C1OC(c2cccs2)=NC1=Cc1cc(Br)ccc1OCc1ccccc1F. The number of aliphatic imine (C=N–C) groups is 1. The zero-order chi connectivity index (χ0) is 19.5. The van der Waals surface area contributed by atoms with E-state index >= 15 is 0 Å². The summed E-state index contributed by atoms with van der Waals surface area (Å²) in [6.45, 7) is 0.0681. The molecule has 7 heteroatoms. The highest BCUT2D eigenvalue weighted by Crippen LogP contribution is 2.29. The van der Waals surface area contributed by atoms with Crippen LogP contribution in [0.1, 0.15) is 16.0 Å². The highest BCUT2D eigenvalue weighted by molar-refractivity contribution is 9.10. The molecule has 0 unspecified atom stereocenters. The van der Waals surface area contributed by atoms with Gasteiger partial charge in [-0.15, -0.1) is 11.3 Å². The molecular weight excluding hydrogens is 445 g/mol. The van der Waals surface area contributed by atoms with Crippen LogP contribution in [-0.2, 0) is 16.1 Å².